The number of rotatable bonds is 5. The van der Waals surface area contributed by atoms with Crippen LogP contribution in [0.1, 0.15) is 13.8 Å². The molecule has 0 bridgehead atoms. The van der Waals surface area contributed by atoms with E-state index in [9.17, 15) is 4.79 Å². The van der Waals surface area contributed by atoms with Gasteiger partial charge in [-0.15, -0.1) is 0 Å². The predicted molar refractivity (Wildman–Crippen MR) is 82.8 cm³/mol. The van der Waals surface area contributed by atoms with Crippen LogP contribution in [0.2, 0.25) is 0 Å². The minimum absolute atomic E-state index is 0.0773. The zero-order chi connectivity index (χ0) is 14.4. The SMILES string of the molecule is CC(C)CN1CCN(CC(=O)Nc2ccccc2)CC1. The molecule has 0 unspecified atom stereocenters. The van der Waals surface area contributed by atoms with Crippen LogP contribution in [-0.4, -0.2) is 55.0 Å². The lowest BCUT2D eigenvalue weighted by atomic mass is 10.2. The lowest BCUT2D eigenvalue weighted by Gasteiger charge is -2.35. The molecule has 0 radical (unpaired) electrons. The number of hydrogen-bond donors (Lipinski definition) is 1. The molecular formula is C16H25N3O. The largest absolute Gasteiger partial charge is 0.325 e. The fraction of sp³-hybridized carbons (Fsp3) is 0.562. The average Bonchev–Trinajstić information content (AvgIpc) is 2.41. The van der Waals surface area contributed by atoms with Crippen molar-refractivity contribution in [2.45, 2.75) is 13.8 Å². The summed E-state index contributed by atoms with van der Waals surface area (Å²) in [7, 11) is 0. The first-order valence-corrected chi connectivity index (χ1v) is 7.43. The van der Waals surface area contributed by atoms with Crippen molar-refractivity contribution < 1.29 is 4.79 Å². The molecule has 1 N–H and O–H groups in total. The molecule has 0 spiro atoms. The van der Waals surface area contributed by atoms with E-state index < -0.39 is 0 Å². The first kappa shape index (κ1) is 15.0. The van der Waals surface area contributed by atoms with Crippen molar-refractivity contribution >= 4 is 11.6 Å². The maximum Gasteiger partial charge on any atom is 0.238 e. The van der Waals surface area contributed by atoms with Gasteiger partial charge in [-0.1, -0.05) is 32.0 Å². The van der Waals surface area contributed by atoms with Gasteiger partial charge in [0.2, 0.25) is 5.91 Å². The molecule has 1 aliphatic heterocycles. The molecular weight excluding hydrogens is 250 g/mol. The van der Waals surface area contributed by atoms with Crippen molar-refractivity contribution in [3.05, 3.63) is 30.3 Å². The molecule has 1 aromatic carbocycles. The maximum atomic E-state index is 12.0. The number of carbonyl (C=O) groups is 1. The van der Waals surface area contributed by atoms with Crippen LogP contribution in [0.5, 0.6) is 0 Å². The number of piperazine rings is 1. The Hall–Kier alpha value is -1.39. The molecule has 1 amide bonds. The second-order valence-corrected chi connectivity index (χ2v) is 5.88. The van der Waals surface area contributed by atoms with Gasteiger partial charge in [0.1, 0.15) is 0 Å². The Kier molecular flexibility index (Phi) is 5.56. The van der Waals surface area contributed by atoms with Gasteiger partial charge in [-0.2, -0.15) is 0 Å². The molecule has 4 nitrogen and oxygen atoms in total. The number of hydrogen-bond acceptors (Lipinski definition) is 3. The molecule has 0 saturated carbocycles. The summed E-state index contributed by atoms with van der Waals surface area (Å²) in [6.45, 7) is 10.2. The maximum absolute atomic E-state index is 12.0. The third-order valence-corrected chi connectivity index (χ3v) is 3.51. The quantitative estimate of drug-likeness (QED) is 0.891. The fourth-order valence-corrected chi connectivity index (χ4v) is 2.57. The van der Waals surface area contributed by atoms with Crippen LogP contribution >= 0.6 is 0 Å². The molecule has 0 atom stereocenters. The molecule has 0 aliphatic carbocycles. The summed E-state index contributed by atoms with van der Waals surface area (Å²) in [5, 5.41) is 2.94. The van der Waals surface area contributed by atoms with E-state index in [1.807, 2.05) is 30.3 Å². The zero-order valence-electron chi connectivity index (χ0n) is 12.5. The average molecular weight is 275 g/mol. The standard InChI is InChI=1S/C16H25N3O/c1-14(2)12-18-8-10-19(11-9-18)13-16(20)17-15-6-4-3-5-7-15/h3-7,14H,8-13H2,1-2H3,(H,17,20). The highest BCUT2D eigenvalue weighted by Gasteiger charge is 2.19. The molecule has 1 saturated heterocycles. The lowest BCUT2D eigenvalue weighted by Crippen LogP contribution is -2.49. The van der Waals surface area contributed by atoms with Crippen LogP contribution < -0.4 is 5.32 Å². The van der Waals surface area contributed by atoms with Crippen molar-refractivity contribution in [3.63, 3.8) is 0 Å². The third-order valence-electron chi connectivity index (χ3n) is 3.51. The van der Waals surface area contributed by atoms with E-state index in [2.05, 4.69) is 29.0 Å². The molecule has 0 aromatic heterocycles. The van der Waals surface area contributed by atoms with Crippen molar-refractivity contribution in [1.29, 1.82) is 0 Å². The topological polar surface area (TPSA) is 35.6 Å². The summed E-state index contributed by atoms with van der Waals surface area (Å²) in [5.74, 6) is 0.788. The summed E-state index contributed by atoms with van der Waals surface area (Å²) in [4.78, 5) is 16.7. The Bertz CT molecular complexity index is 411. The highest BCUT2D eigenvalue weighted by molar-refractivity contribution is 5.92. The summed E-state index contributed by atoms with van der Waals surface area (Å²) >= 11 is 0. The Morgan fingerprint density at radius 2 is 1.70 bits per heavy atom. The van der Waals surface area contributed by atoms with Gasteiger partial charge in [0.15, 0.2) is 0 Å². The summed E-state index contributed by atoms with van der Waals surface area (Å²) in [5.41, 5.74) is 0.871. The molecule has 1 heterocycles. The highest BCUT2D eigenvalue weighted by atomic mass is 16.2. The minimum Gasteiger partial charge on any atom is -0.325 e. The Morgan fingerprint density at radius 3 is 2.30 bits per heavy atom. The van der Waals surface area contributed by atoms with Crippen LogP contribution in [0, 0.1) is 5.92 Å². The minimum atomic E-state index is 0.0773. The molecule has 4 heteroatoms. The smallest absolute Gasteiger partial charge is 0.238 e. The van der Waals surface area contributed by atoms with Crippen LogP contribution in [0.15, 0.2) is 30.3 Å². The van der Waals surface area contributed by atoms with Crippen LogP contribution in [0.3, 0.4) is 0 Å². The Labute approximate surface area is 121 Å². The highest BCUT2D eigenvalue weighted by Crippen LogP contribution is 2.07. The molecule has 1 fully saturated rings. The normalized spacial score (nSPS) is 17.4. The van der Waals surface area contributed by atoms with Crippen LogP contribution in [-0.2, 0) is 4.79 Å². The van der Waals surface area contributed by atoms with Gasteiger partial charge in [0.25, 0.3) is 0 Å². The second kappa shape index (κ2) is 7.41. The van der Waals surface area contributed by atoms with Crippen molar-refractivity contribution in [3.8, 4) is 0 Å². The van der Waals surface area contributed by atoms with Crippen LogP contribution in [0.25, 0.3) is 0 Å². The van der Waals surface area contributed by atoms with Gasteiger partial charge in [-0.25, -0.2) is 0 Å². The third kappa shape index (κ3) is 4.94. The lowest BCUT2D eigenvalue weighted by molar-refractivity contribution is -0.117. The number of carbonyl (C=O) groups excluding carboxylic acids is 1. The fourth-order valence-electron chi connectivity index (χ4n) is 2.57. The first-order chi connectivity index (χ1) is 9.63. The van der Waals surface area contributed by atoms with Crippen LogP contribution in [0.4, 0.5) is 5.69 Å². The summed E-state index contributed by atoms with van der Waals surface area (Å²) in [6.07, 6.45) is 0. The van der Waals surface area contributed by atoms with E-state index in [1.54, 1.807) is 0 Å². The Balaban J connectivity index is 1.71. The van der Waals surface area contributed by atoms with E-state index in [4.69, 9.17) is 0 Å². The number of nitrogens with zero attached hydrogens (tertiary/aromatic N) is 2. The van der Waals surface area contributed by atoms with Gasteiger partial charge in [-0.3, -0.25) is 9.69 Å². The van der Waals surface area contributed by atoms with Gasteiger partial charge >= 0.3 is 0 Å². The molecule has 1 aromatic rings. The molecule has 20 heavy (non-hydrogen) atoms. The number of anilines is 1. The molecule has 110 valence electrons. The molecule has 2 rings (SSSR count). The number of benzene rings is 1. The number of nitrogens with one attached hydrogen (secondary N) is 1. The van der Waals surface area contributed by atoms with Crippen molar-refractivity contribution in [2.24, 2.45) is 5.92 Å². The zero-order valence-corrected chi connectivity index (χ0v) is 12.5. The van der Waals surface area contributed by atoms with E-state index in [-0.39, 0.29) is 5.91 Å². The van der Waals surface area contributed by atoms with Gasteiger partial charge in [0.05, 0.1) is 6.54 Å². The second-order valence-electron chi connectivity index (χ2n) is 5.88. The van der Waals surface area contributed by atoms with Gasteiger partial charge in [0, 0.05) is 38.4 Å². The predicted octanol–water partition coefficient (Wildman–Crippen LogP) is 1.90. The van der Waals surface area contributed by atoms with E-state index in [1.165, 1.54) is 0 Å². The molecule has 1 aliphatic rings. The van der Waals surface area contributed by atoms with E-state index in [0.717, 1.165) is 38.4 Å². The van der Waals surface area contributed by atoms with E-state index in [0.29, 0.717) is 12.5 Å². The van der Waals surface area contributed by atoms with Gasteiger partial charge < -0.3 is 10.2 Å². The van der Waals surface area contributed by atoms with Crippen molar-refractivity contribution in [1.82, 2.24) is 9.80 Å². The monoisotopic (exact) mass is 275 g/mol. The first-order valence-electron chi connectivity index (χ1n) is 7.43. The number of amides is 1. The Morgan fingerprint density at radius 1 is 1.10 bits per heavy atom. The number of para-hydroxylation sites is 1. The van der Waals surface area contributed by atoms with Crippen molar-refractivity contribution in [2.75, 3.05) is 44.6 Å². The van der Waals surface area contributed by atoms with Gasteiger partial charge in [-0.05, 0) is 18.1 Å². The summed E-state index contributed by atoms with van der Waals surface area (Å²) in [6, 6.07) is 9.64. The van der Waals surface area contributed by atoms with E-state index >= 15 is 0 Å². The summed E-state index contributed by atoms with van der Waals surface area (Å²) < 4.78 is 0.